The van der Waals surface area contributed by atoms with Crippen molar-refractivity contribution in [3.05, 3.63) is 65.5 Å². The van der Waals surface area contributed by atoms with Gasteiger partial charge in [0.1, 0.15) is 5.82 Å². The van der Waals surface area contributed by atoms with E-state index in [0.29, 0.717) is 17.7 Å². The highest BCUT2D eigenvalue weighted by Gasteiger charge is 2.45. The predicted molar refractivity (Wildman–Crippen MR) is 78.2 cm³/mol. The zero-order chi connectivity index (χ0) is 14.8. The molecule has 1 aliphatic rings. The van der Waals surface area contributed by atoms with Gasteiger partial charge in [-0.1, -0.05) is 30.3 Å². The molecule has 3 rings (SSSR count). The van der Waals surface area contributed by atoms with Crippen LogP contribution in [0, 0.1) is 11.7 Å². The van der Waals surface area contributed by atoms with Gasteiger partial charge in [-0.2, -0.15) is 0 Å². The monoisotopic (exact) mass is 285 g/mol. The molecule has 2 unspecified atom stereocenters. The Kier molecular flexibility index (Phi) is 3.71. The molecule has 0 aliphatic heterocycles. The summed E-state index contributed by atoms with van der Waals surface area (Å²) in [7, 11) is 0. The highest BCUT2D eigenvalue weighted by Crippen LogP contribution is 2.48. The lowest BCUT2D eigenvalue weighted by atomic mass is 10.1. The average Bonchev–Trinajstić information content (AvgIpc) is 3.28. The summed E-state index contributed by atoms with van der Waals surface area (Å²) in [5, 5.41) is 11.9. The number of rotatable bonds is 4. The molecule has 0 spiro atoms. The van der Waals surface area contributed by atoms with Gasteiger partial charge in [0.2, 0.25) is 5.91 Å². The van der Waals surface area contributed by atoms with E-state index in [1.165, 1.54) is 6.07 Å². The molecule has 2 atom stereocenters. The fourth-order valence-corrected chi connectivity index (χ4v) is 2.59. The van der Waals surface area contributed by atoms with Crippen LogP contribution in [0.2, 0.25) is 0 Å². The van der Waals surface area contributed by atoms with Gasteiger partial charge in [-0.15, -0.1) is 0 Å². The zero-order valence-electron chi connectivity index (χ0n) is 11.4. The highest BCUT2D eigenvalue weighted by atomic mass is 19.1. The van der Waals surface area contributed by atoms with E-state index in [-0.39, 0.29) is 30.2 Å². The molecule has 21 heavy (non-hydrogen) atoms. The number of aliphatic hydroxyl groups excluding tert-OH is 1. The molecule has 0 saturated heterocycles. The molecule has 0 heterocycles. The van der Waals surface area contributed by atoms with Crippen molar-refractivity contribution in [3.63, 3.8) is 0 Å². The first-order valence-corrected chi connectivity index (χ1v) is 6.94. The number of aliphatic hydroxyl groups is 1. The van der Waals surface area contributed by atoms with E-state index < -0.39 is 0 Å². The van der Waals surface area contributed by atoms with Gasteiger partial charge in [-0.3, -0.25) is 4.79 Å². The topological polar surface area (TPSA) is 49.3 Å². The molecule has 1 amide bonds. The van der Waals surface area contributed by atoms with Crippen LogP contribution in [-0.4, -0.2) is 11.0 Å². The fraction of sp³-hybridized carbons (Fsp3) is 0.235. The van der Waals surface area contributed by atoms with Gasteiger partial charge in [0.25, 0.3) is 0 Å². The molecular weight excluding hydrogens is 269 g/mol. The zero-order valence-corrected chi connectivity index (χ0v) is 11.4. The molecule has 0 radical (unpaired) electrons. The quantitative estimate of drug-likeness (QED) is 0.907. The summed E-state index contributed by atoms with van der Waals surface area (Å²) >= 11 is 0. The smallest absolute Gasteiger partial charge is 0.228 e. The van der Waals surface area contributed by atoms with Gasteiger partial charge in [-0.05, 0) is 41.7 Å². The summed E-state index contributed by atoms with van der Waals surface area (Å²) in [6, 6.07) is 13.7. The lowest BCUT2D eigenvalue weighted by Crippen LogP contribution is -2.14. The van der Waals surface area contributed by atoms with Gasteiger partial charge < -0.3 is 10.4 Å². The molecule has 2 aromatic carbocycles. The number of anilines is 1. The number of hydrogen-bond acceptors (Lipinski definition) is 2. The van der Waals surface area contributed by atoms with Crippen molar-refractivity contribution < 1.29 is 14.3 Å². The summed E-state index contributed by atoms with van der Waals surface area (Å²) in [4.78, 5) is 12.2. The maximum Gasteiger partial charge on any atom is 0.228 e. The second kappa shape index (κ2) is 5.66. The Balaban J connectivity index is 1.67. The van der Waals surface area contributed by atoms with E-state index in [1.54, 1.807) is 42.5 Å². The number of hydrogen-bond donors (Lipinski definition) is 2. The lowest BCUT2D eigenvalue weighted by molar-refractivity contribution is -0.117. The van der Waals surface area contributed by atoms with Crippen molar-refractivity contribution in [1.82, 2.24) is 0 Å². The maximum atomic E-state index is 13.7. The third-order valence-corrected chi connectivity index (χ3v) is 3.81. The van der Waals surface area contributed by atoms with Gasteiger partial charge >= 0.3 is 0 Å². The van der Waals surface area contributed by atoms with Crippen LogP contribution in [0.3, 0.4) is 0 Å². The second-order valence-corrected chi connectivity index (χ2v) is 5.32. The number of benzene rings is 2. The number of carbonyl (C=O) groups is 1. The first-order valence-electron chi connectivity index (χ1n) is 6.94. The molecule has 3 nitrogen and oxygen atoms in total. The summed E-state index contributed by atoms with van der Waals surface area (Å²) in [6.45, 7) is -0.0645. The molecule has 2 aromatic rings. The van der Waals surface area contributed by atoms with Crippen LogP contribution < -0.4 is 5.32 Å². The van der Waals surface area contributed by atoms with E-state index >= 15 is 0 Å². The largest absolute Gasteiger partial charge is 0.392 e. The van der Waals surface area contributed by atoms with Gasteiger partial charge in [0.15, 0.2) is 0 Å². The minimum Gasteiger partial charge on any atom is -0.392 e. The summed E-state index contributed by atoms with van der Waals surface area (Å²) in [5.74, 6) is -0.565. The van der Waals surface area contributed by atoms with Crippen molar-refractivity contribution in [2.45, 2.75) is 18.9 Å². The van der Waals surface area contributed by atoms with E-state index in [2.05, 4.69) is 5.32 Å². The fourth-order valence-electron chi connectivity index (χ4n) is 2.59. The summed E-state index contributed by atoms with van der Waals surface area (Å²) in [6.07, 6.45) is 0.673. The third kappa shape index (κ3) is 2.95. The van der Waals surface area contributed by atoms with Crippen LogP contribution in [0.25, 0.3) is 0 Å². The Bertz CT molecular complexity index is 671. The Labute approximate surface area is 122 Å². The first-order chi connectivity index (χ1) is 10.2. The SMILES string of the molecule is O=C(Nc1cccc(CO)c1)C1CC1c1ccccc1F. The maximum absolute atomic E-state index is 13.7. The van der Waals surface area contributed by atoms with E-state index in [1.807, 2.05) is 0 Å². The number of halogens is 1. The van der Waals surface area contributed by atoms with E-state index in [9.17, 15) is 9.18 Å². The van der Waals surface area contributed by atoms with E-state index in [0.717, 1.165) is 5.56 Å². The van der Waals surface area contributed by atoms with E-state index in [4.69, 9.17) is 5.11 Å². The van der Waals surface area contributed by atoms with Gasteiger partial charge in [0.05, 0.1) is 6.61 Å². The molecular formula is C17H16FNO2. The average molecular weight is 285 g/mol. The highest BCUT2D eigenvalue weighted by molar-refractivity contribution is 5.95. The lowest BCUT2D eigenvalue weighted by Gasteiger charge is -2.07. The molecule has 2 N–H and O–H groups in total. The molecule has 0 bridgehead atoms. The van der Waals surface area contributed by atoms with Crippen molar-refractivity contribution in [1.29, 1.82) is 0 Å². The van der Waals surface area contributed by atoms with Crippen LogP contribution >= 0.6 is 0 Å². The van der Waals surface area contributed by atoms with Crippen LogP contribution in [0.5, 0.6) is 0 Å². The minimum absolute atomic E-state index is 0.0350. The van der Waals surface area contributed by atoms with Crippen molar-refractivity contribution in [2.24, 2.45) is 5.92 Å². The summed E-state index contributed by atoms with van der Waals surface area (Å²) < 4.78 is 13.7. The first kappa shape index (κ1) is 13.8. The Morgan fingerprint density at radius 2 is 2.05 bits per heavy atom. The van der Waals surface area contributed by atoms with Crippen molar-refractivity contribution >= 4 is 11.6 Å². The minimum atomic E-state index is -0.250. The molecule has 1 fully saturated rings. The Hall–Kier alpha value is -2.20. The van der Waals surface area contributed by atoms with Crippen molar-refractivity contribution in [2.75, 3.05) is 5.32 Å². The van der Waals surface area contributed by atoms with Crippen LogP contribution in [-0.2, 0) is 11.4 Å². The van der Waals surface area contributed by atoms with Gasteiger partial charge in [0, 0.05) is 11.6 Å². The normalized spacial score (nSPS) is 20.1. The van der Waals surface area contributed by atoms with Crippen LogP contribution in [0.15, 0.2) is 48.5 Å². The molecule has 1 aliphatic carbocycles. The Morgan fingerprint density at radius 3 is 2.81 bits per heavy atom. The van der Waals surface area contributed by atoms with Crippen LogP contribution in [0.1, 0.15) is 23.5 Å². The molecule has 4 heteroatoms. The molecule has 108 valence electrons. The standard InChI is InChI=1S/C17H16FNO2/c18-16-7-2-1-6-13(16)14-9-15(14)17(21)19-12-5-3-4-11(8-12)10-20/h1-8,14-15,20H,9-10H2,(H,19,21). The molecule has 0 aromatic heterocycles. The van der Waals surface area contributed by atoms with Crippen LogP contribution in [0.4, 0.5) is 10.1 Å². The second-order valence-electron chi connectivity index (χ2n) is 5.32. The van der Waals surface area contributed by atoms with Crippen molar-refractivity contribution in [3.8, 4) is 0 Å². The number of amides is 1. The number of carbonyl (C=O) groups excluding carboxylic acids is 1. The summed E-state index contributed by atoms with van der Waals surface area (Å²) in [5.41, 5.74) is 2.02. The third-order valence-electron chi connectivity index (χ3n) is 3.81. The molecule has 1 saturated carbocycles. The Morgan fingerprint density at radius 1 is 1.24 bits per heavy atom. The predicted octanol–water partition coefficient (Wildman–Crippen LogP) is 3.06. The van der Waals surface area contributed by atoms with Gasteiger partial charge in [-0.25, -0.2) is 4.39 Å². The number of nitrogens with one attached hydrogen (secondary N) is 1.